The molecule has 0 N–H and O–H groups in total. The summed E-state index contributed by atoms with van der Waals surface area (Å²) in [5, 5.41) is 1.00. The lowest BCUT2D eigenvalue weighted by atomic mass is 10.00. The van der Waals surface area contributed by atoms with Gasteiger partial charge in [0.15, 0.2) is 0 Å². The van der Waals surface area contributed by atoms with Crippen LogP contribution in [0.15, 0.2) is 34.6 Å². The van der Waals surface area contributed by atoms with Crippen LogP contribution in [0.5, 0.6) is 5.75 Å². The molecular weight excluding hydrogens is 278 g/mol. The molecule has 2 rings (SSSR count). The number of pyridine rings is 1. The zero-order chi connectivity index (χ0) is 16.3. The number of aromatic nitrogens is 1. The van der Waals surface area contributed by atoms with Gasteiger partial charge in [0.05, 0.1) is 19.2 Å². The lowest BCUT2D eigenvalue weighted by molar-refractivity contribution is 0.185. The van der Waals surface area contributed by atoms with E-state index in [-0.39, 0.29) is 5.56 Å². The van der Waals surface area contributed by atoms with Crippen molar-refractivity contribution >= 4 is 10.9 Å². The number of hydrogen-bond donors (Lipinski definition) is 0. The number of benzene rings is 1. The first-order chi connectivity index (χ1) is 10.5. The third kappa shape index (κ3) is 2.92. The smallest absolute Gasteiger partial charge is 0.254 e. The quantitative estimate of drug-likeness (QED) is 0.796. The minimum absolute atomic E-state index is 0.00144. The lowest BCUT2D eigenvalue weighted by Gasteiger charge is -2.16. The summed E-state index contributed by atoms with van der Waals surface area (Å²) >= 11 is 0. The van der Waals surface area contributed by atoms with Crippen molar-refractivity contribution in [1.29, 1.82) is 0 Å². The van der Waals surface area contributed by atoms with E-state index in [2.05, 4.69) is 6.08 Å². The molecule has 0 aliphatic carbocycles. The fraction of sp³-hybridized carbons (Fsp3) is 0.389. The minimum Gasteiger partial charge on any atom is -0.495 e. The average Bonchev–Trinajstić information content (AvgIpc) is 2.51. The van der Waals surface area contributed by atoms with E-state index in [4.69, 9.17) is 9.47 Å². The third-order valence-electron chi connectivity index (χ3n) is 3.81. The number of ether oxygens (including phenoxy) is 2. The molecule has 118 valence electrons. The molecule has 0 aliphatic heterocycles. The van der Waals surface area contributed by atoms with Crippen molar-refractivity contribution in [2.45, 2.75) is 26.9 Å². The molecule has 0 bridgehead atoms. The van der Waals surface area contributed by atoms with Gasteiger partial charge in [-0.05, 0) is 31.9 Å². The zero-order valence-corrected chi connectivity index (χ0v) is 13.9. The highest BCUT2D eigenvalue weighted by Gasteiger charge is 2.16. The molecule has 0 atom stereocenters. The Labute approximate surface area is 131 Å². The van der Waals surface area contributed by atoms with Gasteiger partial charge < -0.3 is 14.0 Å². The van der Waals surface area contributed by atoms with Crippen LogP contribution in [0.2, 0.25) is 0 Å². The molecule has 4 nitrogen and oxygen atoms in total. The average molecular weight is 301 g/mol. The summed E-state index contributed by atoms with van der Waals surface area (Å²) in [6.45, 7) is 4.47. The fourth-order valence-electron chi connectivity index (χ4n) is 2.70. The Balaban J connectivity index is 2.85. The van der Waals surface area contributed by atoms with E-state index >= 15 is 0 Å². The second-order valence-electron chi connectivity index (χ2n) is 5.60. The van der Waals surface area contributed by atoms with Crippen molar-refractivity contribution in [1.82, 2.24) is 4.57 Å². The van der Waals surface area contributed by atoms with E-state index in [1.807, 2.05) is 32.0 Å². The predicted molar refractivity (Wildman–Crippen MR) is 89.6 cm³/mol. The van der Waals surface area contributed by atoms with E-state index < -0.39 is 0 Å². The summed E-state index contributed by atoms with van der Waals surface area (Å²) < 4.78 is 12.4. The molecule has 1 heterocycles. The largest absolute Gasteiger partial charge is 0.495 e. The zero-order valence-electron chi connectivity index (χ0n) is 13.9. The number of aryl methyl sites for hydroxylation is 1. The number of hydrogen-bond acceptors (Lipinski definition) is 3. The lowest BCUT2D eigenvalue weighted by Crippen LogP contribution is -2.24. The van der Waals surface area contributed by atoms with Gasteiger partial charge in [-0.2, -0.15) is 0 Å². The second-order valence-corrected chi connectivity index (χ2v) is 5.60. The van der Waals surface area contributed by atoms with Gasteiger partial charge in [-0.25, -0.2) is 0 Å². The summed E-state index contributed by atoms with van der Waals surface area (Å²) in [7, 11) is 5.05. The van der Waals surface area contributed by atoms with Crippen LogP contribution in [-0.2, 0) is 24.8 Å². The number of fused-ring (bicyclic) bond motifs is 1. The maximum absolute atomic E-state index is 12.8. The highest BCUT2D eigenvalue weighted by Crippen LogP contribution is 2.28. The van der Waals surface area contributed by atoms with Crippen molar-refractivity contribution in [2.75, 3.05) is 14.2 Å². The maximum Gasteiger partial charge on any atom is 0.254 e. The first-order valence-electron chi connectivity index (χ1n) is 7.31. The van der Waals surface area contributed by atoms with Crippen LogP contribution >= 0.6 is 0 Å². The molecule has 0 amide bonds. The Morgan fingerprint density at radius 2 is 1.95 bits per heavy atom. The van der Waals surface area contributed by atoms with E-state index in [9.17, 15) is 4.79 Å². The van der Waals surface area contributed by atoms with E-state index in [0.29, 0.717) is 18.8 Å². The minimum atomic E-state index is 0.00144. The topological polar surface area (TPSA) is 40.5 Å². The number of rotatable bonds is 5. The molecule has 1 aromatic carbocycles. The highest BCUT2D eigenvalue weighted by molar-refractivity contribution is 5.88. The van der Waals surface area contributed by atoms with E-state index in [1.165, 1.54) is 5.57 Å². The molecule has 0 aliphatic rings. The van der Waals surface area contributed by atoms with Crippen LogP contribution in [-0.4, -0.2) is 18.8 Å². The van der Waals surface area contributed by atoms with Crippen LogP contribution < -0.4 is 10.3 Å². The molecule has 0 spiro atoms. The first-order valence-corrected chi connectivity index (χ1v) is 7.31. The Kier molecular flexibility index (Phi) is 5.03. The van der Waals surface area contributed by atoms with Gasteiger partial charge in [-0.3, -0.25) is 4.79 Å². The fourth-order valence-corrected chi connectivity index (χ4v) is 2.70. The summed E-state index contributed by atoms with van der Waals surface area (Å²) in [6.07, 6.45) is 2.68. The van der Waals surface area contributed by atoms with Crippen molar-refractivity contribution in [3.63, 3.8) is 0 Å². The molecule has 1 aromatic heterocycles. The van der Waals surface area contributed by atoms with Gasteiger partial charge in [0.25, 0.3) is 5.56 Å². The highest BCUT2D eigenvalue weighted by atomic mass is 16.5. The number of para-hydroxylation sites is 1. The van der Waals surface area contributed by atoms with Crippen LogP contribution in [0.3, 0.4) is 0 Å². The number of methoxy groups -OCH3 is 2. The molecule has 2 aromatic rings. The van der Waals surface area contributed by atoms with Gasteiger partial charge in [-0.15, -0.1) is 0 Å². The Hall–Kier alpha value is -2.07. The van der Waals surface area contributed by atoms with Crippen molar-refractivity contribution in [3.05, 3.63) is 51.3 Å². The van der Waals surface area contributed by atoms with E-state index in [0.717, 1.165) is 22.0 Å². The summed E-state index contributed by atoms with van der Waals surface area (Å²) in [4.78, 5) is 12.8. The Morgan fingerprint density at radius 1 is 1.23 bits per heavy atom. The summed E-state index contributed by atoms with van der Waals surface area (Å²) in [5.74, 6) is 0.697. The molecule has 22 heavy (non-hydrogen) atoms. The summed E-state index contributed by atoms with van der Waals surface area (Å²) in [5.41, 5.74) is 3.73. The van der Waals surface area contributed by atoms with Gasteiger partial charge in [0.1, 0.15) is 5.75 Å². The van der Waals surface area contributed by atoms with Crippen LogP contribution in [0.1, 0.15) is 25.0 Å². The molecule has 4 heteroatoms. The maximum atomic E-state index is 12.8. The normalized spacial score (nSPS) is 10.8. The first kappa shape index (κ1) is 16.3. The molecule has 0 unspecified atom stereocenters. The third-order valence-corrected chi connectivity index (χ3v) is 3.81. The Morgan fingerprint density at radius 3 is 2.55 bits per heavy atom. The van der Waals surface area contributed by atoms with Crippen LogP contribution in [0.4, 0.5) is 0 Å². The van der Waals surface area contributed by atoms with Gasteiger partial charge in [-0.1, -0.05) is 23.8 Å². The number of allylic oxidation sites excluding steroid dienone is 2. The summed E-state index contributed by atoms with van der Waals surface area (Å²) in [6, 6.07) is 5.82. The second kappa shape index (κ2) is 6.79. The molecule has 0 saturated heterocycles. The van der Waals surface area contributed by atoms with Gasteiger partial charge >= 0.3 is 0 Å². The number of nitrogens with zero attached hydrogens (tertiary/aromatic N) is 1. The molecule has 0 saturated carbocycles. The Bertz CT molecular complexity index is 768. The van der Waals surface area contributed by atoms with Gasteiger partial charge in [0.2, 0.25) is 0 Å². The van der Waals surface area contributed by atoms with Crippen molar-refractivity contribution in [2.24, 2.45) is 7.05 Å². The van der Waals surface area contributed by atoms with E-state index in [1.54, 1.807) is 25.8 Å². The SMILES string of the molecule is COCc1c(CC=C(C)C)c(=O)n(C)c2c(OC)cccc12. The molecule has 0 radical (unpaired) electrons. The van der Waals surface area contributed by atoms with Crippen LogP contribution in [0.25, 0.3) is 10.9 Å². The predicted octanol–water partition coefficient (Wildman–Crippen LogP) is 3.20. The van der Waals surface area contributed by atoms with Crippen molar-refractivity contribution in [3.8, 4) is 5.75 Å². The van der Waals surface area contributed by atoms with Gasteiger partial charge in [0, 0.05) is 25.1 Å². The molecule has 0 fully saturated rings. The standard InChI is InChI=1S/C18H23NO3/c1-12(2)9-10-14-15(11-21-4)13-7-6-8-16(22-5)17(13)19(3)18(14)20/h6-9H,10-11H2,1-5H3. The van der Waals surface area contributed by atoms with Crippen molar-refractivity contribution < 1.29 is 9.47 Å². The van der Waals surface area contributed by atoms with Crippen LogP contribution in [0, 0.1) is 0 Å². The monoisotopic (exact) mass is 301 g/mol. The molecular formula is C18H23NO3.